The van der Waals surface area contributed by atoms with Crippen molar-refractivity contribution in [2.24, 2.45) is 0 Å². The number of carbonyl (C=O) groups is 1. The van der Waals surface area contributed by atoms with Crippen molar-refractivity contribution in [2.75, 3.05) is 32.6 Å². The normalized spacial score (nSPS) is 15.8. The van der Waals surface area contributed by atoms with Gasteiger partial charge in [-0.2, -0.15) is 0 Å². The quantitative estimate of drug-likeness (QED) is 0.335. The highest BCUT2D eigenvalue weighted by molar-refractivity contribution is 6.06. The third-order valence-corrected chi connectivity index (χ3v) is 7.59. The molecule has 0 atom stereocenters. The van der Waals surface area contributed by atoms with Crippen LogP contribution in [-0.2, 0) is 17.8 Å². The first-order valence-electron chi connectivity index (χ1n) is 13.2. The Labute approximate surface area is 225 Å². The summed E-state index contributed by atoms with van der Waals surface area (Å²) in [5.74, 6) is 1.07. The van der Waals surface area contributed by atoms with Crippen LogP contribution in [0, 0.1) is 0 Å². The first-order valence-corrected chi connectivity index (χ1v) is 13.2. The van der Waals surface area contributed by atoms with Gasteiger partial charge >= 0.3 is 0 Å². The van der Waals surface area contributed by atoms with E-state index in [0.717, 1.165) is 77.8 Å². The Kier molecular flexibility index (Phi) is 5.79. The van der Waals surface area contributed by atoms with Gasteiger partial charge in [0.05, 0.1) is 41.3 Å². The number of nitrogens with zero attached hydrogens (tertiary/aromatic N) is 5. The van der Waals surface area contributed by atoms with Gasteiger partial charge in [0.25, 0.3) is 5.91 Å². The number of hydrogen-bond acceptors (Lipinski definition) is 8. The molecule has 4 aromatic heterocycles. The fourth-order valence-corrected chi connectivity index (χ4v) is 5.80. The lowest BCUT2D eigenvalue weighted by Crippen LogP contribution is -2.19. The van der Waals surface area contributed by atoms with Gasteiger partial charge in [-0.05, 0) is 56.1 Å². The highest BCUT2D eigenvalue weighted by atomic mass is 16.5. The largest absolute Gasteiger partial charge is 0.445 e. The molecule has 1 amide bonds. The van der Waals surface area contributed by atoms with Crippen LogP contribution in [0.4, 0.5) is 11.5 Å². The zero-order valence-electron chi connectivity index (χ0n) is 21.9. The highest BCUT2D eigenvalue weighted by Gasteiger charge is 2.28. The number of nitrogens with one attached hydrogen (secondary N) is 2. The van der Waals surface area contributed by atoms with E-state index in [4.69, 9.17) is 14.1 Å². The summed E-state index contributed by atoms with van der Waals surface area (Å²) in [6, 6.07) is 10.1. The summed E-state index contributed by atoms with van der Waals surface area (Å²) in [6.07, 6.45) is 7.15. The van der Waals surface area contributed by atoms with Crippen LogP contribution in [0.25, 0.3) is 28.1 Å². The van der Waals surface area contributed by atoms with Crippen LogP contribution in [0.3, 0.4) is 0 Å². The lowest BCUT2D eigenvalue weighted by Gasteiger charge is -2.25. The number of aromatic nitrogens is 4. The van der Waals surface area contributed by atoms with Crippen molar-refractivity contribution in [3.63, 3.8) is 0 Å². The van der Waals surface area contributed by atoms with Crippen molar-refractivity contribution in [1.29, 1.82) is 0 Å². The van der Waals surface area contributed by atoms with Crippen LogP contribution in [-0.4, -0.2) is 57.5 Å². The molecule has 10 nitrogen and oxygen atoms in total. The number of benzene rings is 1. The first-order chi connectivity index (χ1) is 19.1. The average molecular weight is 524 g/mol. The molecule has 0 spiro atoms. The van der Waals surface area contributed by atoms with E-state index in [1.165, 1.54) is 5.56 Å². The Morgan fingerprint density at radius 1 is 1.10 bits per heavy atom. The lowest BCUT2D eigenvalue weighted by molar-refractivity contribution is 0.0849. The second-order valence-corrected chi connectivity index (χ2v) is 10.4. The van der Waals surface area contributed by atoms with E-state index in [-0.39, 0.29) is 5.91 Å². The van der Waals surface area contributed by atoms with Crippen molar-refractivity contribution in [3.05, 3.63) is 71.4 Å². The average Bonchev–Trinajstić information content (AvgIpc) is 3.68. The summed E-state index contributed by atoms with van der Waals surface area (Å²) in [4.78, 5) is 29.1. The number of amides is 1. The molecule has 10 heteroatoms. The Balaban J connectivity index is 1.28. The second kappa shape index (κ2) is 9.48. The number of rotatable bonds is 6. The van der Waals surface area contributed by atoms with Crippen molar-refractivity contribution >= 4 is 34.3 Å². The number of ether oxygens (including phenoxy) is 1. The Hall–Kier alpha value is -4.28. The van der Waals surface area contributed by atoms with Gasteiger partial charge in [-0.3, -0.25) is 9.20 Å². The summed E-state index contributed by atoms with van der Waals surface area (Å²) in [5, 5.41) is 6.46. The van der Waals surface area contributed by atoms with Crippen molar-refractivity contribution in [2.45, 2.75) is 31.8 Å². The minimum atomic E-state index is -0.106. The Morgan fingerprint density at radius 2 is 1.97 bits per heavy atom. The fourth-order valence-electron chi connectivity index (χ4n) is 5.80. The molecule has 1 saturated heterocycles. The van der Waals surface area contributed by atoms with Gasteiger partial charge in [-0.1, -0.05) is 12.1 Å². The molecular formula is C29H29N7O3. The minimum absolute atomic E-state index is 0.106. The second-order valence-electron chi connectivity index (χ2n) is 10.4. The molecule has 0 bridgehead atoms. The van der Waals surface area contributed by atoms with Crippen LogP contribution < -0.4 is 10.6 Å². The van der Waals surface area contributed by atoms with Gasteiger partial charge in [0.15, 0.2) is 5.65 Å². The van der Waals surface area contributed by atoms with Crippen LogP contribution in [0.1, 0.15) is 45.9 Å². The first kappa shape index (κ1) is 23.8. The van der Waals surface area contributed by atoms with Crippen LogP contribution >= 0.6 is 0 Å². The maximum absolute atomic E-state index is 13.1. The number of pyridine rings is 1. The molecule has 2 aliphatic rings. The SMILES string of the molecule is CN(C)Cc1nc(Nc2ccc(-c3cnc4cnc5occc5n34)c3c2C(=O)NC3)ccc1C1CCOCC1. The molecule has 1 fully saturated rings. The molecule has 1 aromatic carbocycles. The zero-order valence-corrected chi connectivity index (χ0v) is 21.9. The number of carbonyl (C=O) groups excluding carboxylic acids is 1. The lowest BCUT2D eigenvalue weighted by atomic mass is 9.90. The molecule has 2 N–H and O–H groups in total. The molecule has 39 heavy (non-hydrogen) atoms. The van der Waals surface area contributed by atoms with Gasteiger partial charge in [0.2, 0.25) is 5.71 Å². The predicted octanol–water partition coefficient (Wildman–Crippen LogP) is 4.48. The maximum atomic E-state index is 13.1. The molecule has 5 aromatic rings. The number of imidazole rings is 1. The van der Waals surface area contributed by atoms with Crippen LogP contribution in [0.2, 0.25) is 0 Å². The maximum Gasteiger partial charge on any atom is 0.254 e. The summed E-state index contributed by atoms with van der Waals surface area (Å²) in [5.41, 5.74) is 8.52. The summed E-state index contributed by atoms with van der Waals surface area (Å²) in [6.45, 7) is 2.75. The summed E-state index contributed by atoms with van der Waals surface area (Å²) in [7, 11) is 4.11. The highest BCUT2D eigenvalue weighted by Crippen LogP contribution is 2.37. The molecule has 6 heterocycles. The van der Waals surface area contributed by atoms with Crippen LogP contribution in [0.5, 0.6) is 0 Å². The van der Waals surface area contributed by atoms with E-state index >= 15 is 0 Å². The topological polar surface area (TPSA) is 110 Å². The Morgan fingerprint density at radius 3 is 2.82 bits per heavy atom. The van der Waals surface area contributed by atoms with E-state index in [1.807, 2.05) is 34.9 Å². The zero-order chi connectivity index (χ0) is 26.5. The number of fused-ring (bicyclic) bond motifs is 4. The monoisotopic (exact) mass is 523 g/mol. The summed E-state index contributed by atoms with van der Waals surface area (Å²) < 4.78 is 13.1. The van der Waals surface area contributed by atoms with E-state index in [0.29, 0.717) is 23.7 Å². The number of anilines is 2. The summed E-state index contributed by atoms with van der Waals surface area (Å²) >= 11 is 0. The minimum Gasteiger partial charge on any atom is -0.445 e. The molecule has 0 saturated carbocycles. The van der Waals surface area contributed by atoms with Gasteiger partial charge in [-0.25, -0.2) is 15.0 Å². The van der Waals surface area contributed by atoms with E-state index < -0.39 is 0 Å². The molecule has 0 unspecified atom stereocenters. The van der Waals surface area contributed by atoms with E-state index in [9.17, 15) is 4.79 Å². The molecular weight excluding hydrogens is 494 g/mol. The standard InChI is InChI=1S/C29H29N7O3/c1-35(2)16-22-18(17-7-10-38-11-8-17)4-6-25(34-22)33-21-5-3-19(20-13-31-28(37)27(20)21)24-14-30-26-15-32-29-23(36(24)26)9-12-39-29/h3-6,9,12,14-15,17H,7-8,10-11,13,16H2,1-2H3,(H,31,37)(H,33,34). The van der Waals surface area contributed by atoms with E-state index in [2.05, 4.69) is 45.7 Å². The molecule has 2 aliphatic heterocycles. The molecule has 0 radical (unpaired) electrons. The van der Waals surface area contributed by atoms with Crippen molar-refractivity contribution in [1.82, 2.24) is 29.6 Å². The molecule has 0 aliphatic carbocycles. The third-order valence-electron chi connectivity index (χ3n) is 7.59. The number of furan rings is 1. The number of hydrogen-bond donors (Lipinski definition) is 2. The Bertz CT molecular complexity index is 1720. The van der Waals surface area contributed by atoms with Gasteiger partial charge in [0, 0.05) is 37.9 Å². The fraction of sp³-hybridized carbons (Fsp3) is 0.310. The van der Waals surface area contributed by atoms with Crippen LogP contribution in [0.15, 0.2) is 53.4 Å². The van der Waals surface area contributed by atoms with Gasteiger partial charge < -0.3 is 24.7 Å². The third kappa shape index (κ3) is 4.12. The smallest absolute Gasteiger partial charge is 0.254 e. The van der Waals surface area contributed by atoms with Gasteiger partial charge in [0.1, 0.15) is 11.3 Å². The predicted molar refractivity (Wildman–Crippen MR) is 147 cm³/mol. The van der Waals surface area contributed by atoms with Crippen molar-refractivity contribution < 1.29 is 13.9 Å². The van der Waals surface area contributed by atoms with Crippen molar-refractivity contribution in [3.8, 4) is 11.3 Å². The van der Waals surface area contributed by atoms with E-state index in [1.54, 1.807) is 12.5 Å². The molecule has 198 valence electrons. The molecule has 7 rings (SSSR count). The van der Waals surface area contributed by atoms with Gasteiger partial charge in [-0.15, -0.1) is 0 Å².